The van der Waals surface area contributed by atoms with Gasteiger partial charge in [-0.2, -0.15) is 0 Å². The number of ether oxygens (including phenoxy) is 2. The number of carboxylic acids is 2. The summed E-state index contributed by atoms with van der Waals surface area (Å²) in [6.45, 7) is 5.61. The summed E-state index contributed by atoms with van der Waals surface area (Å²) in [5.41, 5.74) is 0.774. The zero-order valence-corrected chi connectivity index (χ0v) is 15.1. The highest BCUT2D eigenvalue weighted by Crippen LogP contribution is 2.14. The topological polar surface area (TPSA) is 137 Å². The van der Waals surface area contributed by atoms with Crippen molar-refractivity contribution >= 4 is 23.5 Å². The summed E-state index contributed by atoms with van der Waals surface area (Å²) in [6.07, 6.45) is 0. The molecule has 1 aliphatic rings. The molecule has 1 amide bonds. The van der Waals surface area contributed by atoms with E-state index in [1.807, 2.05) is 24.3 Å². The van der Waals surface area contributed by atoms with Crippen molar-refractivity contribution in [1.82, 2.24) is 10.2 Å². The molecule has 4 N–H and O–H groups in total. The third-order valence-electron chi connectivity index (χ3n) is 3.55. The maximum absolute atomic E-state index is 11.8. The van der Waals surface area contributed by atoms with E-state index in [4.69, 9.17) is 29.3 Å². The lowest BCUT2D eigenvalue weighted by Gasteiger charge is -2.26. The van der Waals surface area contributed by atoms with E-state index in [9.17, 15) is 4.79 Å². The SMILES string of the molecule is COc1ccc(NC(=O)CNCCN2CCOCC2)cc1.O=C(O)C(=O)O. The molecule has 10 nitrogen and oxygen atoms in total. The first-order chi connectivity index (χ1) is 12.9. The number of aliphatic carboxylic acids is 2. The third kappa shape index (κ3) is 10.1. The second kappa shape index (κ2) is 12.6. The molecule has 1 fully saturated rings. The fourth-order valence-electron chi connectivity index (χ4n) is 2.14. The molecular formula is C17H25N3O7. The Bertz CT molecular complexity index is 589. The molecule has 1 saturated heterocycles. The lowest BCUT2D eigenvalue weighted by atomic mass is 10.3. The van der Waals surface area contributed by atoms with Crippen molar-refractivity contribution in [2.75, 3.05) is 58.4 Å². The first-order valence-electron chi connectivity index (χ1n) is 8.33. The molecule has 0 spiro atoms. The minimum absolute atomic E-state index is 0.0397. The Hall–Kier alpha value is -2.69. The van der Waals surface area contributed by atoms with Crippen LogP contribution in [0.1, 0.15) is 0 Å². The number of morpholine rings is 1. The molecule has 0 bridgehead atoms. The van der Waals surface area contributed by atoms with Gasteiger partial charge < -0.3 is 30.3 Å². The van der Waals surface area contributed by atoms with Crippen molar-refractivity contribution < 1.29 is 34.1 Å². The predicted octanol–water partition coefficient (Wildman–Crippen LogP) is -0.289. The molecular weight excluding hydrogens is 358 g/mol. The van der Waals surface area contributed by atoms with E-state index in [2.05, 4.69) is 15.5 Å². The fraction of sp³-hybridized carbons (Fsp3) is 0.471. The number of rotatable bonds is 7. The van der Waals surface area contributed by atoms with Gasteiger partial charge in [-0.05, 0) is 24.3 Å². The number of carbonyl (C=O) groups is 3. The van der Waals surface area contributed by atoms with Gasteiger partial charge in [-0.15, -0.1) is 0 Å². The molecule has 1 aromatic carbocycles. The number of benzene rings is 1. The number of amides is 1. The summed E-state index contributed by atoms with van der Waals surface area (Å²) in [5, 5.41) is 20.8. The number of methoxy groups -OCH3 is 1. The zero-order chi connectivity index (χ0) is 20.1. The number of carbonyl (C=O) groups excluding carboxylic acids is 1. The number of nitrogens with one attached hydrogen (secondary N) is 2. The standard InChI is InChI=1S/C15H23N3O3.C2H2O4/c1-20-14-4-2-13(3-5-14)17-15(19)12-16-6-7-18-8-10-21-11-9-18;3-1(4)2(5)6/h2-5,16H,6-12H2,1H3,(H,17,19);(H,3,4)(H,5,6). The van der Waals surface area contributed by atoms with Crippen molar-refractivity contribution in [1.29, 1.82) is 0 Å². The van der Waals surface area contributed by atoms with Crippen LogP contribution in [-0.2, 0) is 19.1 Å². The van der Waals surface area contributed by atoms with Crippen LogP contribution in [-0.4, -0.2) is 86.0 Å². The molecule has 0 saturated carbocycles. The molecule has 150 valence electrons. The predicted molar refractivity (Wildman–Crippen MR) is 97.0 cm³/mol. The number of hydrogen-bond donors (Lipinski definition) is 4. The van der Waals surface area contributed by atoms with Crippen LogP contribution >= 0.6 is 0 Å². The minimum atomic E-state index is -1.82. The summed E-state index contributed by atoms with van der Waals surface area (Å²) in [7, 11) is 1.62. The Kier molecular flexibility index (Phi) is 10.5. The fourth-order valence-corrected chi connectivity index (χ4v) is 2.14. The number of carboxylic acid groups (broad SMARTS) is 2. The monoisotopic (exact) mass is 383 g/mol. The smallest absolute Gasteiger partial charge is 0.414 e. The average Bonchev–Trinajstić information content (AvgIpc) is 2.67. The molecule has 0 radical (unpaired) electrons. The molecule has 1 heterocycles. The van der Waals surface area contributed by atoms with Crippen LogP contribution in [0.4, 0.5) is 5.69 Å². The van der Waals surface area contributed by atoms with Crippen molar-refractivity contribution in [2.24, 2.45) is 0 Å². The van der Waals surface area contributed by atoms with Crippen LogP contribution in [0.15, 0.2) is 24.3 Å². The highest BCUT2D eigenvalue weighted by molar-refractivity contribution is 6.27. The molecule has 2 rings (SSSR count). The second-order valence-electron chi connectivity index (χ2n) is 5.52. The molecule has 0 aromatic heterocycles. The van der Waals surface area contributed by atoms with E-state index in [-0.39, 0.29) is 5.91 Å². The summed E-state index contributed by atoms with van der Waals surface area (Å²) >= 11 is 0. The van der Waals surface area contributed by atoms with Crippen molar-refractivity contribution in [3.63, 3.8) is 0 Å². The first-order valence-corrected chi connectivity index (χ1v) is 8.33. The van der Waals surface area contributed by atoms with Crippen LogP contribution in [0.5, 0.6) is 5.75 Å². The van der Waals surface area contributed by atoms with E-state index in [1.165, 1.54) is 0 Å². The van der Waals surface area contributed by atoms with E-state index in [1.54, 1.807) is 7.11 Å². The third-order valence-corrected chi connectivity index (χ3v) is 3.55. The summed E-state index contributed by atoms with van der Waals surface area (Å²) < 4.78 is 10.4. The highest BCUT2D eigenvalue weighted by atomic mass is 16.5. The lowest BCUT2D eigenvalue weighted by molar-refractivity contribution is -0.159. The molecule has 1 aromatic rings. The van der Waals surface area contributed by atoms with Crippen molar-refractivity contribution in [2.45, 2.75) is 0 Å². The van der Waals surface area contributed by atoms with E-state index in [0.717, 1.165) is 50.8 Å². The van der Waals surface area contributed by atoms with E-state index in [0.29, 0.717) is 6.54 Å². The van der Waals surface area contributed by atoms with Gasteiger partial charge in [0.15, 0.2) is 0 Å². The highest BCUT2D eigenvalue weighted by Gasteiger charge is 2.09. The van der Waals surface area contributed by atoms with Crippen molar-refractivity contribution in [3.05, 3.63) is 24.3 Å². The summed E-state index contributed by atoms with van der Waals surface area (Å²) in [5.74, 6) is -2.91. The quantitative estimate of drug-likeness (QED) is 0.370. The summed E-state index contributed by atoms with van der Waals surface area (Å²) in [4.78, 5) is 32.3. The van der Waals surface area contributed by atoms with Crippen molar-refractivity contribution in [3.8, 4) is 5.75 Å². The molecule has 10 heteroatoms. The maximum atomic E-state index is 11.8. The molecule has 0 unspecified atom stereocenters. The second-order valence-corrected chi connectivity index (χ2v) is 5.52. The Morgan fingerprint density at radius 2 is 1.70 bits per heavy atom. The molecule has 27 heavy (non-hydrogen) atoms. The number of nitrogens with zero attached hydrogens (tertiary/aromatic N) is 1. The maximum Gasteiger partial charge on any atom is 0.414 e. The Balaban J connectivity index is 0.000000527. The van der Waals surface area contributed by atoms with Crippen LogP contribution in [0, 0.1) is 0 Å². The number of anilines is 1. The minimum Gasteiger partial charge on any atom is -0.497 e. The van der Waals surface area contributed by atoms with E-state index >= 15 is 0 Å². The Morgan fingerprint density at radius 3 is 2.22 bits per heavy atom. The van der Waals surface area contributed by atoms with Gasteiger partial charge in [-0.25, -0.2) is 9.59 Å². The van der Waals surface area contributed by atoms with E-state index < -0.39 is 11.9 Å². The molecule has 0 aliphatic carbocycles. The van der Waals surface area contributed by atoms with Gasteiger partial charge in [0.2, 0.25) is 5.91 Å². The Labute approximate surface area is 157 Å². The van der Waals surface area contributed by atoms with Gasteiger partial charge in [0.05, 0.1) is 26.9 Å². The number of hydrogen-bond acceptors (Lipinski definition) is 7. The largest absolute Gasteiger partial charge is 0.497 e. The normalized spacial score (nSPS) is 13.8. The average molecular weight is 383 g/mol. The van der Waals surface area contributed by atoms with Crippen LogP contribution in [0.3, 0.4) is 0 Å². The van der Waals surface area contributed by atoms with Crippen LogP contribution in [0.25, 0.3) is 0 Å². The van der Waals surface area contributed by atoms with Crippen LogP contribution < -0.4 is 15.4 Å². The van der Waals surface area contributed by atoms with Gasteiger partial charge in [0, 0.05) is 31.9 Å². The van der Waals surface area contributed by atoms with Gasteiger partial charge in [-0.3, -0.25) is 9.69 Å². The van der Waals surface area contributed by atoms with Gasteiger partial charge in [-0.1, -0.05) is 0 Å². The zero-order valence-electron chi connectivity index (χ0n) is 15.1. The van der Waals surface area contributed by atoms with Gasteiger partial charge in [0.25, 0.3) is 0 Å². The molecule has 1 aliphatic heterocycles. The van der Waals surface area contributed by atoms with Gasteiger partial charge in [0.1, 0.15) is 5.75 Å². The van der Waals surface area contributed by atoms with Gasteiger partial charge >= 0.3 is 11.9 Å². The summed E-state index contributed by atoms with van der Waals surface area (Å²) in [6, 6.07) is 7.29. The first kappa shape index (κ1) is 22.4. The lowest BCUT2D eigenvalue weighted by Crippen LogP contribution is -2.41. The van der Waals surface area contributed by atoms with Crippen LogP contribution in [0.2, 0.25) is 0 Å². The Morgan fingerprint density at radius 1 is 1.11 bits per heavy atom. The molecule has 0 atom stereocenters.